The van der Waals surface area contributed by atoms with Crippen LogP contribution in [0.5, 0.6) is 0 Å². The second-order valence-electron chi connectivity index (χ2n) is 5.66. The van der Waals surface area contributed by atoms with Crippen LogP contribution in [0.15, 0.2) is 30.9 Å². The lowest BCUT2D eigenvalue weighted by Crippen LogP contribution is -2.55. The van der Waals surface area contributed by atoms with E-state index in [9.17, 15) is 18.4 Å². The van der Waals surface area contributed by atoms with Crippen LogP contribution in [0.2, 0.25) is 0 Å². The molecule has 1 heterocycles. The molecule has 1 atom stereocenters. The number of halogens is 2. The molecule has 1 aromatic carbocycles. The van der Waals surface area contributed by atoms with Crippen LogP contribution in [0.4, 0.5) is 8.78 Å². The van der Waals surface area contributed by atoms with E-state index in [1.165, 1.54) is 4.90 Å². The molecule has 0 aromatic heterocycles. The Kier molecular flexibility index (Phi) is 6.03. The maximum absolute atomic E-state index is 13.7. The van der Waals surface area contributed by atoms with E-state index in [1.54, 1.807) is 13.0 Å². The van der Waals surface area contributed by atoms with Gasteiger partial charge >= 0.3 is 0 Å². The number of nitrogens with zero attached hydrogens (tertiary/aromatic N) is 2. The summed E-state index contributed by atoms with van der Waals surface area (Å²) >= 11 is 0. The third-order valence-electron chi connectivity index (χ3n) is 4.11. The van der Waals surface area contributed by atoms with Crippen LogP contribution in [0.3, 0.4) is 0 Å². The third kappa shape index (κ3) is 4.17. The quantitative estimate of drug-likeness (QED) is 0.827. The molecular weight excluding hydrogens is 316 g/mol. The van der Waals surface area contributed by atoms with E-state index in [1.807, 2.05) is 4.90 Å². The van der Waals surface area contributed by atoms with Crippen molar-refractivity contribution in [1.82, 2.24) is 15.1 Å². The lowest BCUT2D eigenvalue weighted by atomic mass is 10.1. The molecule has 0 unspecified atom stereocenters. The molecule has 0 radical (unpaired) electrons. The van der Waals surface area contributed by atoms with Gasteiger partial charge in [0.15, 0.2) is 0 Å². The summed E-state index contributed by atoms with van der Waals surface area (Å²) in [5.41, 5.74) is -0.137. The normalized spacial score (nSPS) is 16.5. The Morgan fingerprint density at radius 2 is 1.96 bits per heavy atom. The number of rotatable bonds is 5. The van der Waals surface area contributed by atoms with Crippen LogP contribution in [0.25, 0.3) is 0 Å². The third-order valence-corrected chi connectivity index (χ3v) is 4.11. The molecule has 7 heteroatoms. The largest absolute Gasteiger partial charge is 0.351 e. The summed E-state index contributed by atoms with van der Waals surface area (Å²) in [6, 6.07) is 2.61. The number of nitrogens with one attached hydrogen (secondary N) is 1. The van der Waals surface area contributed by atoms with Gasteiger partial charge in [-0.25, -0.2) is 8.78 Å². The predicted octanol–water partition coefficient (Wildman–Crippen LogP) is 1.41. The van der Waals surface area contributed by atoms with E-state index in [0.29, 0.717) is 38.8 Å². The zero-order valence-electron chi connectivity index (χ0n) is 13.6. The molecule has 1 saturated heterocycles. The molecule has 1 N–H and O–H groups in total. The monoisotopic (exact) mass is 337 g/mol. The summed E-state index contributed by atoms with van der Waals surface area (Å²) in [5, 5.41) is 2.74. The Morgan fingerprint density at radius 3 is 2.54 bits per heavy atom. The Morgan fingerprint density at radius 1 is 1.29 bits per heavy atom. The van der Waals surface area contributed by atoms with E-state index in [-0.39, 0.29) is 17.5 Å². The van der Waals surface area contributed by atoms with Crippen LogP contribution >= 0.6 is 0 Å². The van der Waals surface area contributed by atoms with Crippen LogP contribution in [-0.2, 0) is 4.79 Å². The van der Waals surface area contributed by atoms with Gasteiger partial charge in [-0.2, -0.15) is 0 Å². The van der Waals surface area contributed by atoms with Gasteiger partial charge < -0.3 is 10.2 Å². The highest BCUT2D eigenvalue weighted by Gasteiger charge is 2.28. The molecule has 1 aliphatic heterocycles. The van der Waals surface area contributed by atoms with Crippen molar-refractivity contribution in [3.8, 4) is 0 Å². The van der Waals surface area contributed by atoms with Gasteiger partial charge in [0.05, 0.1) is 11.6 Å². The summed E-state index contributed by atoms with van der Waals surface area (Å²) in [6.45, 7) is 7.55. The SMILES string of the molecule is C=CCNC(=O)[C@H](C)N1CCN(C(=O)c2ccc(F)cc2F)CC1. The highest BCUT2D eigenvalue weighted by molar-refractivity contribution is 5.94. The zero-order valence-corrected chi connectivity index (χ0v) is 13.6. The predicted molar refractivity (Wildman–Crippen MR) is 86.5 cm³/mol. The number of piperazine rings is 1. The van der Waals surface area contributed by atoms with Crippen LogP contribution < -0.4 is 5.32 Å². The van der Waals surface area contributed by atoms with Crippen molar-refractivity contribution in [2.24, 2.45) is 0 Å². The minimum atomic E-state index is -0.861. The molecule has 5 nitrogen and oxygen atoms in total. The Bertz CT molecular complexity index is 628. The zero-order chi connectivity index (χ0) is 17.7. The Labute approximate surface area is 139 Å². The summed E-state index contributed by atoms with van der Waals surface area (Å²) in [6.07, 6.45) is 1.61. The average Bonchev–Trinajstić information content (AvgIpc) is 2.58. The van der Waals surface area contributed by atoms with Gasteiger partial charge in [-0.3, -0.25) is 14.5 Å². The van der Waals surface area contributed by atoms with Crippen molar-refractivity contribution in [3.63, 3.8) is 0 Å². The molecule has 2 rings (SSSR count). The van der Waals surface area contributed by atoms with Gasteiger partial charge in [-0.15, -0.1) is 6.58 Å². The topological polar surface area (TPSA) is 52.7 Å². The van der Waals surface area contributed by atoms with Crippen molar-refractivity contribution in [1.29, 1.82) is 0 Å². The Balaban J connectivity index is 1.93. The van der Waals surface area contributed by atoms with Crippen molar-refractivity contribution >= 4 is 11.8 Å². The van der Waals surface area contributed by atoms with Gasteiger partial charge in [-0.1, -0.05) is 6.08 Å². The minimum absolute atomic E-state index is 0.0979. The second kappa shape index (κ2) is 8.01. The van der Waals surface area contributed by atoms with Crippen LogP contribution in [0.1, 0.15) is 17.3 Å². The number of carbonyl (C=O) groups is 2. The summed E-state index contributed by atoms with van der Waals surface area (Å²) in [4.78, 5) is 27.8. The molecule has 0 saturated carbocycles. The van der Waals surface area contributed by atoms with Crippen LogP contribution in [0, 0.1) is 11.6 Å². The molecule has 1 fully saturated rings. The fourth-order valence-electron chi connectivity index (χ4n) is 2.63. The molecule has 1 aliphatic rings. The van der Waals surface area contributed by atoms with E-state index >= 15 is 0 Å². The first-order chi connectivity index (χ1) is 11.4. The number of amides is 2. The van der Waals surface area contributed by atoms with Crippen molar-refractivity contribution in [2.45, 2.75) is 13.0 Å². The van der Waals surface area contributed by atoms with Gasteiger partial charge in [0.1, 0.15) is 11.6 Å². The Hall–Kier alpha value is -2.28. The highest BCUT2D eigenvalue weighted by atomic mass is 19.1. The van der Waals surface area contributed by atoms with Crippen molar-refractivity contribution in [3.05, 3.63) is 48.1 Å². The number of hydrogen-bond acceptors (Lipinski definition) is 3. The van der Waals surface area contributed by atoms with E-state index in [4.69, 9.17) is 0 Å². The molecule has 2 amide bonds. The maximum atomic E-state index is 13.7. The minimum Gasteiger partial charge on any atom is -0.351 e. The van der Waals surface area contributed by atoms with E-state index in [2.05, 4.69) is 11.9 Å². The second-order valence-corrected chi connectivity index (χ2v) is 5.66. The number of hydrogen-bond donors (Lipinski definition) is 1. The van der Waals surface area contributed by atoms with Gasteiger partial charge in [0.25, 0.3) is 5.91 Å². The summed E-state index contributed by atoms with van der Waals surface area (Å²) < 4.78 is 26.7. The maximum Gasteiger partial charge on any atom is 0.256 e. The molecular formula is C17H21F2N3O2. The highest BCUT2D eigenvalue weighted by Crippen LogP contribution is 2.15. The van der Waals surface area contributed by atoms with E-state index < -0.39 is 17.5 Å². The number of benzene rings is 1. The first-order valence-corrected chi connectivity index (χ1v) is 7.81. The molecule has 130 valence electrons. The van der Waals surface area contributed by atoms with Crippen molar-refractivity contribution < 1.29 is 18.4 Å². The lowest BCUT2D eigenvalue weighted by Gasteiger charge is -2.37. The summed E-state index contributed by atoms with van der Waals surface area (Å²) in [7, 11) is 0. The first-order valence-electron chi connectivity index (χ1n) is 7.81. The molecule has 0 aliphatic carbocycles. The first kappa shape index (κ1) is 18.1. The number of carbonyl (C=O) groups excluding carboxylic acids is 2. The lowest BCUT2D eigenvalue weighted by molar-refractivity contribution is -0.126. The fourth-order valence-corrected chi connectivity index (χ4v) is 2.63. The van der Waals surface area contributed by atoms with Gasteiger partial charge in [0, 0.05) is 38.8 Å². The van der Waals surface area contributed by atoms with Gasteiger partial charge in [-0.05, 0) is 19.1 Å². The molecule has 0 bridgehead atoms. The average molecular weight is 337 g/mol. The van der Waals surface area contributed by atoms with Gasteiger partial charge in [0.2, 0.25) is 5.91 Å². The molecule has 1 aromatic rings. The summed E-state index contributed by atoms with van der Waals surface area (Å²) in [5.74, 6) is -2.14. The van der Waals surface area contributed by atoms with E-state index in [0.717, 1.165) is 12.1 Å². The molecule has 24 heavy (non-hydrogen) atoms. The van der Waals surface area contributed by atoms with Crippen LogP contribution in [-0.4, -0.2) is 60.4 Å². The standard InChI is InChI=1S/C17H21F2N3O2/c1-3-6-20-16(23)12(2)21-7-9-22(10-8-21)17(24)14-5-4-13(18)11-15(14)19/h3-5,11-12H,1,6-10H2,2H3,(H,20,23)/t12-/m0/s1. The smallest absolute Gasteiger partial charge is 0.256 e. The fraction of sp³-hybridized carbons (Fsp3) is 0.412. The molecule has 0 spiro atoms. The van der Waals surface area contributed by atoms with Crippen molar-refractivity contribution in [2.75, 3.05) is 32.7 Å².